The minimum Gasteiger partial charge on any atom is -0.459 e. The van der Waals surface area contributed by atoms with Crippen molar-refractivity contribution in [2.75, 3.05) is 5.32 Å². The molecule has 0 aliphatic carbocycles. The Kier molecular flexibility index (Phi) is 5.44. The Morgan fingerprint density at radius 3 is 2.60 bits per heavy atom. The van der Waals surface area contributed by atoms with Gasteiger partial charge in [0, 0.05) is 24.0 Å². The molecule has 1 amide bonds. The van der Waals surface area contributed by atoms with Crippen LogP contribution in [0, 0.1) is 0 Å². The number of pyridine rings is 1. The average Bonchev–Trinajstić information content (AvgIpc) is 3.38. The molecule has 0 aliphatic rings. The number of sulfone groups is 1. The van der Waals surface area contributed by atoms with E-state index >= 15 is 0 Å². The van der Waals surface area contributed by atoms with Gasteiger partial charge in [-0.3, -0.25) is 14.5 Å². The smallest absolute Gasteiger partial charge is 0.292 e. The summed E-state index contributed by atoms with van der Waals surface area (Å²) in [5, 5.41) is 6.93. The lowest BCUT2D eigenvalue weighted by Gasteiger charge is -2.05. The molecule has 0 radical (unpaired) electrons. The van der Waals surface area contributed by atoms with Crippen LogP contribution in [0.1, 0.15) is 21.8 Å². The highest BCUT2D eigenvalue weighted by Gasteiger charge is 2.23. The molecule has 4 aromatic rings. The fraction of sp³-hybridized carbons (Fsp3) is 0.0952. The number of rotatable bonds is 7. The second-order valence-electron chi connectivity index (χ2n) is 6.52. The zero-order valence-corrected chi connectivity index (χ0v) is 16.6. The number of carbonyl (C=O) groups excluding carboxylic acids is 1. The topological polar surface area (TPSA) is 107 Å². The number of furan rings is 1. The minimum absolute atomic E-state index is 0.0613. The highest BCUT2D eigenvalue weighted by atomic mass is 32.2. The second-order valence-corrected chi connectivity index (χ2v) is 8.51. The van der Waals surface area contributed by atoms with E-state index in [0.717, 1.165) is 5.69 Å². The van der Waals surface area contributed by atoms with Crippen molar-refractivity contribution in [1.29, 1.82) is 0 Å². The van der Waals surface area contributed by atoms with Crippen LogP contribution in [0.3, 0.4) is 0 Å². The van der Waals surface area contributed by atoms with E-state index in [-0.39, 0.29) is 22.0 Å². The summed E-state index contributed by atoms with van der Waals surface area (Å²) in [5.74, 6) is -0.649. The average molecular weight is 422 g/mol. The van der Waals surface area contributed by atoms with E-state index in [1.807, 2.05) is 18.2 Å². The summed E-state index contributed by atoms with van der Waals surface area (Å²) in [5.41, 5.74) is 1.11. The van der Waals surface area contributed by atoms with Crippen molar-refractivity contribution in [3.05, 3.63) is 96.3 Å². The van der Waals surface area contributed by atoms with Gasteiger partial charge < -0.3 is 9.73 Å². The van der Waals surface area contributed by atoms with Crippen LogP contribution >= 0.6 is 0 Å². The molecule has 1 aromatic carbocycles. The largest absolute Gasteiger partial charge is 0.459 e. The molecule has 1 N–H and O–H groups in total. The van der Waals surface area contributed by atoms with E-state index in [0.29, 0.717) is 12.4 Å². The van der Waals surface area contributed by atoms with Gasteiger partial charge in [0.2, 0.25) is 0 Å². The summed E-state index contributed by atoms with van der Waals surface area (Å²) in [6, 6.07) is 16.8. The number of anilines is 1. The Morgan fingerprint density at radius 1 is 1.03 bits per heavy atom. The Hall–Kier alpha value is -3.72. The van der Waals surface area contributed by atoms with Crippen LogP contribution in [0.2, 0.25) is 0 Å². The molecule has 0 unspecified atom stereocenters. The van der Waals surface area contributed by atoms with Crippen LogP contribution in [-0.4, -0.2) is 29.1 Å². The molecule has 9 heteroatoms. The summed E-state index contributed by atoms with van der Waals surface area (Å²) in [4.78, 5) is 17.0. The van der Waals surface area contributed by atoms with Crippen LogP contribution in [-0.2, 0) is 22.1 Å². The van der Waals surface area contributed by atoms with Crippen molar-refractivity contribution in [2.24, 2.45) is 0 Å². The third-order valence-corrected chi connectivity index (χ3v) is 6.01. The van der Waals surface area contributed by atoms with Gasteiger partial charge in [0.1, 0.15) is 0 Å². The first-order chi connectivity index (χ1) is 14.5. The highest BCUT2D eigenvalue weighted by Crippen LogP contribution is 2.20. The number of carbonyl (C=O) groups is 1. The lowest BCUT2D eigenvalue weighted by molar-refractivity contribution is 0.0995. The van der Waals surface area contributed by atoms with Crippen molar-refractivity contribution in [3.63, 3.8) is 0 Å². The summed E-state index contributed by atoms with van der Waals surface area (Å²) < 4.78 is 32.1. The Labute approximate surface area is 173 Å². The fourth-order valence-corrected chi connectivity index (χ4v) is 4.29. The van der Waals surface area contributed by atoms with Gasteiger partial charge in [0.15, 0.2) is 21.4 Å². The van der Waals surface area contributed by atoms with E-state index in [2.05, 4.69) is 15.4 Å². The van der Waals surface area contributed by atoms with Crippen LogP contribution in [0.15, 0.2) is 88.6 Å². The summed E-state index contributed by atoms with van der Waals surface area (Å²) >= 11 is 0. The molecule has 3 aromatic heterocycles. The van der Waals surface area contributed by atoms with Crippen molar-refractivity contribution in [2.45, 2.75) is 17.2 Å². The van der Waals surface area contributed by atoms with Gasteiger partial charge in [0.05, 0.1) is 29.2 Å². The van der Waals surface area contributed by atoms with E-state index < -0.39 is 15.7 Å². The van der Waals surface area contributed by atoms with Gasteiger partial charge in [-0.15, -0.1) is 0 Å². The first kappa shape index (κ1) is 19.6. The molecule has 0 bridgehead atoms. The second kappa shape index (κ2) is 8.34. The Morgan fingerprint density at radius 2 is 1.83 bits per heavy atom. The molecule has 152 valence electrons. The zero-order valence-electron chi connectivity index (χ0n) is 15.8. The molecule has 0 aliphatic heterocycles. The number of nitrogens with one attached hydrogen (secondary N) is 1. The molecule has 4 rings (SSSR count). The maximum atomic E-state index is 12.6. The number of hydrogen-bond donors (Lipinski definition) is 1. The quantitative estimate of drug-likeness (QED) is 0.490. The van der Waals surface area contributed by atoms with E-state index in [9.17, 15) is 13.2 Å². The first-order valence-corrected chi connectivity index (χ1v) is 10.8. The summed E-state index contributed by atoms with van der Waals surface area (Å²) in [7, 11) is -3.61. The molecule has 30 heavy (non-hydrogen) atoms. The van der Waals surface area contributed by atoms with Crippen molar-refractivity contribution >= 4 is 21.6 Å². The molecular formula is C21H18N4O4S. The standard InChI is InChI=1S/C21H18N4O4S/c26-21(23-19-9-12-25(24-19)14-17-6-4-5-11-22-17)20-16(10-13-29-20)15-30(27,28)18-7-2-1-3-8-18/h1-13H,14-15H2,(H,23,24,26). The molecule has 0 atom stereocenters. The third kappa shape index (κ3) is 4.47. The molecular weight excluding hydrogens is 404 g/mol. The maximum absolute atomic E-state index is 12.6. The minimum atomic E-state index is -3.61. The van der Waals surface area contributed by atoms with E-state index in [1.54, 1.807) is 41.3 Å². The number of amides is 1. The molecule has 8 nitrogen and oxygen atoms in total. The lowest BCUT2D eigenvalue weighted by Crippen LogP contribution is -2.15. The van der Waals surface area contributed by atoms with Crippen LogP contribution < -0.4 is 5.32 Å². The van der Waals surface area contributed by atoms with Gasteiger partial charge in [-0.25, -0.2) is 8.42 Å². The molecule has 0 saturated carbocycles. The van der Waals surface area contributed by atoms with Gasteiger partial charge >= 0.3 is 0 Å². The summed E-state index contributed by atoms with van der Waals surface area (Å²) in [6.07, 6.45) is 4.71. The highest BCUT2D eigenvalue weighted by molar-refractivity contribution is 7.90. The van der Waals surface area contributed by atoms with Gasteiger partial charge in [0.25, 0.3) is 5.91 Å². The zero-order chi connectivity index (χ0) is 21.0. The molecule has 3 heterocycles. The number of hydrogen-bond acceptors (Lipinski definition) is 6. The van der Waals surface area contributed by atoms with Crippen molar-refractivity contribution in [1.82, 2.24) is 14.8 Å². The third-order valence-electron chi connectivity index (χ3n) is 4.33. The number of benzene rings is 1. The molecule has 0 spiro atoms. The SMILES string of the molecule is O=C(Nc1ccn(Cc2ccccn2)n1)c1occc1CS(=O)(=O)c1ccccc1. The van der Waals surface area contributed by atoms with E-state index in [1.165, 1.54) is 24.5 Å². The molecule has 0 saturated heterocycles. The summed E-state index contributed by atoms with van der Waals surface area (Å²) in [6.45, 7) is 0.456. The predicted molar refractivity (Wildman–Crippen MR) is 110 cm³/mol. The van der Waals surface area contributed by atoms with Crippen LogP contribution in [0.5, 0.6) is 0 Å². The Bertz CT molecular complexity index is 1250. The van der Waals surface area contributed by atoms with Crippen LogP contribution in [0.4, 0.5) is 5.82 Å². The number of nitrogens with zero attached hydrogens (tertiary/aromatic N) is 3. The van der Waals surface area contributed by atoms with Crippen molar-refractivity contribution in [3.8, 4) is 0 Å². The van der Waals surface area contributed by atoms with Crippen molar-refractivity contribution < 1.29 is 17.6 Å². The van der Waals surface area contributed by atoms with E-state index in [4.69, 9.17) is 4.42 Å². The molecule has 0 fully saturated rings. The van der Waals surface area contributed by atoms with Gasteiger partial charge in [-0.05, 0) is 30.3 Å². The maximum Gasteiger partial charge on any atom is 0.292 e. The fourth-order valence-electron chi connectivity index (χ4n) is 2.91. The van der Waals surface area contributed by atoms with Gasteiger partial charge in [-0.2, -0.15) is 5.10 Å². The monoisotopic (exact) mass is 422 g/mol. The van der Waals surface area contributed by atoms with Gasteiger partial charge in [-0.1, -0.05) is 24.3 Å². The predicted octanol–water partition coefficient (Wildman–Crippen LogP) is 3.15. The first-order valence-electron chi connectivity index (χ1n) is 9.10. The van der Waals surface area contributed by atoms with Crippen LogP contribution in [0.25, 0.3) is 0 Å². The lowest BCUT2D eigenvalue weighted by atomic mass is 10.2. The Balaban J connectivity index is 1.46. The normalized spacial score (nSPS) is 11.3. The number of aromatic nitrogens is 3.